The van der Waals surface area contributed by atoms with Gasteiger partial charge in [0, 0.05) is 12.2 Å². The van der Waals surface area contributed by atoms with Crippen LogP contribution in [0.3, 0.4) is 0 Å². The molecule has 0 radical (unpaired) electrons. The molecule has 6 nitrogen and oxygen atoms in total. The maximum absolute atomic E-state index is 12.2. The lowest BCUT2D eigenvalue weighted by atomic mass is 10.1. The summed E-state index contributed by atoms with van der Waals surface area (Å²) in [7, 11) is -3.53. The largest absolute Gasteiger partial charge is 0.483 e. The summed E-state index contributed by atoms with van der Waals surface area (Å²) < 4.78 is 32.4. The van der Waals surface area contributed by atoms with E-state index < -0.39 is 10.0 Å². The zero-order valence-corrected chi connectivity index (χ0v) is 16.9. The Morgan fingerprint density at radius 2 is 1.81 bits per heavy atom. The van der Waals surface area contributed by atoms with Gasteiger partial charge in [-0.2, -0.15) is 0 Å². The molecule has 0 saturated carbocycles. The molecule has 0 spiro atoms. The topological polar surface area (TPSA) is 84.5 Å². The number of rotatable bonds is 8. The van der Waals surface area contributed by atoms with Crippen LogP contribution in [0.15, 0.2) is 41.3 Å². The lowest BCUT2D eigenvalue weighted by Gasteiger charge is -2.13. The number of carbonyl (C=O) groups is 1. The molecule has 27 heavy (non-hydrogen) atoms. The molecule has 7 heteroatoms. The second kappa shape index (κ2) is 9.01. The van der Waals surface area contributed by atoms with E-state index in [1.807, 2.05) is 39.0 Å². The Labute approximate surface area is 161 Å². The predicted octanol–water partition coefficient (Wildman–Crippen LogP) is 3.32. The third kappa shape index (κ3) is 5.55. The maximum Gasteiger partial charge on any atom is 0.262 e. The molecule has 0 unspecified atom stereocenters. The van der Waals surface area contributed by atoms with Crippen LogP contribution in [-0.4, -0.2) is 27.5 Å². The summed E-state index contributed by atoms with van der Waals surface area (Å²) in [6, 6.07) is 10.3. The van der Waals surface area contributed by atoms with Crippen LogP contribution in [0.5, 0.6) is 5.75 Å². The van der Waals surface area contributed by atoms with E-state index in [9.17, 15) is 13.2 Å². The molecule has 0 saturated heterocycles. The van der Waals surface area contributed by atoms with E-state index >= 15 is 0 Å². The van der Waals surface area contributed by atoms with Crippen molar-refractivity contribution >= 4 is 21.6 Å². The van der Waals surface area contributed by atoms with Crippen LogP contribution in [0.2, 0.25) is 0 Å². The van der Waals surface area contributed by atoms with Crippen molar-refractivity contribution in [2.24, 2.45) is 0 Å². The molecule has 2 aromatic rings. The minimum absolute atomic E-state index is 0.158. The van der Waals surface area contributed by atoms with E-state index in [1.165, 1.54) is 12.1 Å². The standard InChI is InChI=1S/C20H26N2O4S/c1-5-11-21-27(24,25)17-9-10-19(15(3)12-17)26-13-20(23)22-18-8-6-7-14(2)16(18)4/h6-10,12,21H,5,11,13H2,1-4H3,(H,22,23). The number of aryl methyl sites for hydroxylation is 2. The number of anilines is 1. The normalized spacial score (nSPS) is 11.3. The van der Waals surface area contributed by atoms with Crippen LogP contribution in [0.4, 0.5) is 5.69 Å². The molecule has 0 aliphatic heterocycles. The molecule has 146 valence electrons. The molecule has 0 bridgehead atoms. The van der Waals surface area contributed by atoms with Crippen LogP contribution in [0, 0.1) is 20.8 Å². The minimum atomic E-state index is -3.53. The monoisotopic (exact) mass is 390 g/mol. The molecule has 0 aromatic heterocycles. The number of hydrogen-bond acceptors (Lipinski definition) is 4. The number of nitrogens with one attached hydrogen (secondary N) is 2. The second-order valence-electron chi connectivity index (χ2n) is 6.41. The van der Waals surface area contributed by atoms with Crippen LogP contribution >= 0.6 is 0 Å². The zero-order chi connectivity index (χ0) is 20.0. The Kier molecular flexibility index (Phi) is 6.98. The number of ether oxygens (including phenoxy) is 1. The highest BCUT2D eigenvalue weighted by Gasteiger charge is 2.15. The van der Waals surface area contributed by atoms with Crippen molar-refractivity contribution in [2.75, 3.05) is 18.5 Å². The van der Waals surface area contributed by atoms with Gasteiger partial charge >= 0.3 is 0 Å². The molecule has 0 atom stereocenters. The smallest absolute Gasteiger partial charge is 0.262 e. The molecular formula is C20H26N2O4S. The average molecular weight is 391 g/mol. The van der Waals surface area contributed by atoms with Crippen molar-refractivity contribution in [3.05, 3.63) is 53.1 Å². The first kappa shape index (κ1) is 20.9. The summed E-state index contributed by atoms with van der Waals surface area (Å²) in [6.45, 7) is 7.80. The first-order valence-electron chi connectivity index (χ1n) is 8.83. The van der Waals surface area contributed by atoms with E-state index in [2.05, 4.69) is 10.0 Å². The molecule has 2 aromatic carbocycles. The number of sulfonamides is 1. The maximum atomic E-state index is 12.2. The van der Waals surface area contributed by atoms with Gasteiger partial charge in [0.25, 0.3) is 5.91 Å². The number of benzene rings is 2. The van der Waals surface area contributed by atoms with Gasteiger partial charge < -0.3 is 10.1 Å². The number of hydrogen-bond donors (Lipinski definition) is 2. The highest BCUT2D eigenvalue weighted by Crippen LogP contribution is 2.22. The number of carbonyl (C=O) groups excluding carboxylic acids is 1. The van der Waals surface area contributed by atoms with E-state index in [4.69, 9.17) is 4.74 Å². The lowest BCUT2D eigenvalue weighted by Crippen LogP contribution is -2.24. The third-order valence-electron chi connectivity index (χ3n) is 4.24. The molecule has 0 aliphatic rings. The van der Waals surface area contributed by atoms with Gasteiger partial charge in [0.15, 0.2) is 6.61 Å². The van der Waals surface area contributed by atoms with Crippen molar-refractivity contribution in [1.82, 2.24) is 4.72 Å². The Bertz CT molecular complexity index is 924. The van der Waals surface area contributed by atoms with Gasteiger partial charge in [-0.1, -0.05) is 19.1 Å². The van der Waals surface area contributed by atoms with E-state index in [1.54, 1.807) is 13.0 Å². The molecule has 0 aliphatic carbocycles. The van der Waals surface area contributed by atoms with Gasteiger partial charge in [-0.15, -0.1) is 0 Å². The van der Waals surface area contributed by atoms with Crippen molar-refractivity contribution in [2.45, 2.75) is 39.0 Å². The van der Waals surface area contributed by atoms with Gasteiger partial charge in [-0.05, 0) is 68.1 Å². The van der Waals surface area contributed by atoms with Crippen LogP contribution in [-0.2, 0) is 14.8 Å². The fourth-order valence-electron chi connectivity index (χ4n) is 2.49. The van der Waals surface area contributed by atoms with Crippen molar-refractivity contribution in [1.29, 1.82) is 0 Å². The van der Waals surface area contributed by atoms with Crippen LogP contribution in [0.1, 0.15) is 30.0 Å². The van der Waals surface area contributed by atoms with Crippen LogP contribution in [0.25, 0.3) is 0 Å². The number of amides is 1. The minimum Gasteiger partial charge on any atom is -0.483 e. The van der Waals surface area contributed by atoms with E-state index in [-0.39, 0.29) is 17.4 Å². The highest BCUT2D eigenvalue weighted by molar-refractivity contribution is 7.89. The zero-order valence-electron chi connectivity index (χ0n) is 16.1. The second-order valence-corrected chi connectivity index (χ2v) is 8.18. The summed E-state index contributed by atoms with van der Waals surface area (Å²) in [6.07, 6.45) is 0.717. The third-order valence-corrected chi connectivity index (χ3v) is 5.69. The first-order chi connectivity index (χ1) is 12.7. The Morgan fingerprint density at radius 1 is 1.07 bits per heavy atom. The molecular weight excluding hydrogens is 364 g/mol. The highest BCUT2D eigenvalue weighted by atomic mass is 32.2. The van der Waals surface area contributed by atoms with Crippen molar-refractivity contribution < 1.29 is 17.9 Å². The molecule has 2 rings (SSSR count). The van der Waals surface area contributed by atoms with Crippen LogP contribution < -0.4 is 14.8 Å². The Hall–Kier alpha value is -2.38. The van der Waals surface area contributed by atoms with Crippen molar-refractivity contribution in [3.8, 4) is 5.75 Å². The summed E-state index contributed by atoms with van der Waals surface area (Å²) in [4.78, 5) is 12.3. The van der Waals surface area contributed by atoms with Gasteiger partial charge in [0.2, 0.25) is 10.0 Å². The van der Waals surface area contributed by atoms with Crippen molar-refractivity contribution in [3.63, 3.8) is 0 Å². The first-order valence-corrected chi connectivity index (χ1v) is 10.3. The lowest BCUT2D eigenvalue weighted by molar-refractivity contribution is -0.118. The predicted molar refractivity (Wildman–Crippen MR) is 107 cm³/mol. The average Bonchev–Trinajstić information content (AvgIpc) is 2.62. The van der Waals surface area contributed by atoms with Gasteiger partial charge in [0.1, 0.15) is 5.75 Å². The van der Waals surface area contributed by atoms with E-state index in [0.29, 0.717) is 17.9 Å². The fourth-order valence-corrected chi connectivity index (χ4v) is 3.71. The SMILES string of the molecule is CCCNS(=O)(=O)c1ccc(OCC(=O)Nc2cccc(C)c2C)c(C)c1. The van der Waals surface area contributed by atoms with E-state index in [0.717, 1.165) is 23.2 Å². The van der Waals surface area contributed by atoms with Gasteiger partial charge in [-0.3, -0.25) is 4.79 Å². The summed E-state index contributed by atoms with van der Waals surface area (Å²) >= 11 is 0. The molecule has 0 fully saturated rings. The molecule has 1 amide bonds. The summed E-state index contributed by atoms with van der Waals surface area (Å²) in [5.41, 5.74) is 3.51. The fraction of sp³-hybridized carbons (Fsp3) is 0.350. The van der Waals surface area contributed by atoms with Gasteiger partial charge in [0.05, 0.1) is 4.90 Å². The molecule has 2 N–H and O–H groups in total. The Balaban J connectivity index is 2.01. The Morgan fingerprint density at radius 3 is 2.48 bits per heavy atom. The van der Waals surface area contributed by atoms with Gasteiger partial charge in [-0.25, -0.2) is 13.1 Å². The summed E-state index contributed by atoms with van der Waals surface area (Å²) in [5.74, 6) is 0.199. The summed E-state index contributed by atoms with van der Waals surface area (Å²) in [5, 5.41) is 2.83. The quantitative estimate of drug-likeness (QED) is 0.724. The molecule has 0 heterocycles.